The minimum Gasteiger partial charge on any atom is -0.355 e. The van der Waals surface area contributed by atoms with Gasteiger partial charge >= 0.3 is 6.18 Å². The first-order valence-corrected chi connectivity index (χ1v) is 13.5. The van der Waals surface area contributed by atoms with Crippen molar-refractivity contribution in [3.8, 4) is 0 Å². The van der Waals surface area contributed by atoms with E-state index in [4.69, 9.17) is 4.52 Å². The number of hydrogen-bond donors (Lipinski definition) is 1. The molecule has 0 bridgehead atoms. The number of aryl methyl sites for hydroxylation is 3. The summed E-state index contributed by atoms with van der Waals surface area (Å²) in [5.41, 5.74) is 1.80. The van der Waals surface area contributed by atoms with Crippen molar-refractivity contribution in [2.45, 2.75) is 44.7 Å². The van der Waals surface area contributed by atoms with Gasteiger partial charge in [0.15, 0.2) is 10.7 Å². The molecule has 0 radical (unpaired) electrons. The molecular weight excluding hydrogens is 519 g/mol. The van der Waals surface area contributed by atoms with Crippen molar-refractivity contribution >= 4 is 33.8 Å². The largest absolute Gasteiger partial charge is 0.418 e. The van der Waals surface area contributed by atoms with E-state index in [-0.39, 0.29) is 35.1 Å². The Morgan fingerprint density at radius 3 is 2.61 bits per heavy atom. The number of halogens is 3. The lowest BCUT2D eigenvalue weighted by atomic mass is 9.98. The van der Waals surface area contributed by atoms with Gasteiger partial charge in [-0.05, 0) is 62.9 Å². The summed E-state index contributed by atoms with van der Waals surface area (Å²) in [4.78, 5) is 12.8. The van der Waals surface area contributed by atoms with E-state index in [1.165, 1.54) is 29.4 Å². The topological polar surface area (TPSA) is 92.5 Å². The Labute approximate surface area is 219 Å². The summed E-state index contributed by atoms with van der Waals surface area (Å²) >= 11 is 0. The van der Waals surface area contributed by atoms with Crippen LogP contribution >= 0.6 is 0 Å². The molecule has 0 spiro atoms. The molecule has 1 atom stereocenters. The zero-order valence-corrected chi connectivity index (χ0v) is 22.0. The lowest BCUT2D eigenvalue weighted by Gasteiger charge is -2.31. The maximum Gasteiger partial charge on any atom is 0.418 e. The second-order valence-corrected chi connectivity index (χ2v) is 11.3. The highest BCUT2D eigenvalue weighted by Gasteiger charge is 2.38. The van der Waals surface area contributed by atoms with Crippen LogP contribution < -0.4 is 5.32 Å². The van der Waals surface area contributed by atoms with Crippen molar-refractivity contribution in [1.29, 1.82) is 0 Å². The first kappa shape index (κ1) is 27.6. The number of sulfonamides is 1. The van der Waals surface area contributed by atoms with E-state index in [1.54, 1.807) is 12.2 Å². The molecule has 2 heterocycles. The molecule has 1 aliphatic rings. The molecule has 1 N–H and O–H groups in total. The SMILES string of the molecule is Cc1ccc(C)c(/C=C/c2onc(C)c2S(=O)(=O)N2CCC[C@H](C(=O)Nc3ccccc3C(F)(F)F)C2)c1. The van der Waals surface area contributed by atoms with E-state index in [0.717, 1.165) is 22.8 Å². The molecule has 0 unspecified atom stereocenters. The van der Waals surface area contributed by atoms with Crippen LogP contribution in [0.5, 0.6) is 0 Å². The minimum atomic E-state index is -4.64. The molecule has 2 aromatic carbocycles. The summed E-state index contributed by atoms with van der Waals surface area (Å²) in [6.07, 6.45) is -0.620. The number of carbonyl (C=O) groups excluding carboxylic acids is 1. The first-order valence-electron chi connectivity index (χ1n) is 12.1. The Kier molecular flexibility index (Phi) is 7.80. The monoisotopic (exact) mass is 547 g/mol. The Morgan fingerprint density at radius 1 is 1.13 bits per heavy atom. The highest BCUT2D eigenvalue weighted by Crippen LogP contribution is 2.35. The number of aromatic nitrogens is 1. The van der Waals surface area contributed by atoms with Crippen molar-refractivity contribution in [2.24, 2.45) is 5.92 Å². The molecule has 0 saturated carbocycles. The minimum absolute atomic E-state index is 0.0640. The van der Waals surface area contributed by atoms with E-state index in [1.807, 2.05) is 32.0 Å². The summed E-state index contributed by atoms with van der Waals surface area (Å²) in [7, 11) is -4.11. The fourth-order valence-electron chi connectivity index (χ4n) is 4.48. The van der Waals surface area contributed by atoms with Gasteiger partial charge in [-0.2, -0.15) is 17.5 Å². The molecule has 0 aliphatic carbocycles. The van der Waals surface area contributed by atoms with Crippen LogP contribution in [0.15, 0.2) is 51.9 Å². The van der Waals surface area contributed by atoms with Gasteiger partial charge in [0, 0.05) is 13.1 Å². The van der Waals surface area contributed by atoms with Crippen LogP contribution in [0.4, 0.5) is 18.9 Å². The number of alkyl halides is 3. The summed E-state index contributed by atoms with van der Waals surface area (Å²) in [6, 6.07) is 10.6. The highest BCUT2D eigenvalue weighted by molar-refractivity contribution is 7.89. The highest BCUT2D eigenvalue weighted by atomic mass is 32.2. The number of nitrogens with one attached hydrogen (secondary N) is 1. The predicted molar refractivity (Wildman–Crippen MR) is 138 cm³/mol. The molecular formula is C27H28F3N3O4S. The molecule has 3 aromatic rings. The standard InChI is InChI=1S/C27H28F3N3O4S/c1-17-10-11-18(2)20(15-17)12-13-24-25(19(3)32-37-24)38(35,36)33-14-6-7-21(16-33)26(34)31-23-9-5-4-8-22(23)27(28,29)30/h4-5,8-13,15,21H,6-7,14,16H2,1-3H3,(H,31,34)/b13-12+/t21-/m0/s1. The molecule has 1 aromatic heterocycles. The molecule has 1 aliphatic heterocycles. The van der Waals surface area contributed by atoms with Crippen LogP contribution in [-0.4, -0.2) is 36.9 Å². The fraction of sp³-hybridized carbons (Fsp3) is 0.333. The Balaban J connectivity index is 1.56. The number of carbonyl (C=O) groups is 1. The smallest absolute Gasteiger partial charge is 0.355 e. The Hall–Kier alpha value is -3.44. The van der Waals surface area contributed by atoms with Gasteiger partial charge in [-0.3, -0.25) is 4.79 Å². The summed E-state index contributed by atoms with van der Waals surface area (Å²) in [5, 5.41) is 6.20. The van der Waals surface area contributed by atoms with Gasteiger partial charge in [-0.25, -0.2) is 8.42 Å². The van der Waals surface area contributed by atoms with Crippen molar-refractivity contribution in [3.63, 3.8) is 0 Å². The Morgan fingerprint density at radius 2 is 1.87 bits per heavy atom. The summed E-state index contributed by atoms with van der Waals surface area (Å²) in [6.45, 7) is 5.40. The van der Waals surface area contributed by atoms with E-state index >= 15 is 0 Å². The van der Waals surface area contributed by atoms with Gasteiger partial charge in [0.2, 0.25) is 15.9 Å². The quantitative estimate of drug-likeness (QED) is 0.419. The number of anilines is 1. The molecule has 202 valence electrons. The zero-order chi connectivity index (χ0) is 27.7. The van der Waals surface area contributed by atoms with Gasteiger partial charge < -0.3 is 9.84 Å². The number of benzene rings is 2. The van der Waals surface area contributed by atoms with Crippen LogP contribution in [0.1, 0.15) is 46.5 Å². The number of hydrogen-bond acceptors (Lipinski definition) is 5. The van der Waals surface area contributed by atoms with Crippen molar-refractivity contribution in [2.75, 3.05) is 18.4 Å². The van der Waals surface area contributed by atoms with E-state index in [9.17, 15) is 26.4 Å². The van der Waals surface area contributed by atoms with Gasteiger partial charge in [0.05, 0.1) is 17.2 Å². The average molecular weight is 548 g/mol. The maximum atomic E-state index is 13.6. The molecule has 11 heteroatoms. The van der Waals surface area contributed by atoms with Gasteiger partial charge in [0.25, 0.3) is 0 Å². The van der Waals surface area contributed by atoms with Crippen LogP contribution in [0.25, 0.3) is 12.2 Å². The second-order valence-electron chi connectivity index (χ2n) is 9.39. The molecule has 38 heavy (non-hydrogen) atoms. The number of para-hydroxylation sites is 1. The third kappa shape index (κ3) is 5.83. The number of rotatable bonds is 6. The maximum absolute atomic E-state index is 13.6. The lowest BCUT2D eigenvalue weighted by Crippen LogP contribution is -2.44. The van der Waals surface area contributed by atoms with Crippen molar-refractivity contribution in [3.05, 3.63) is 76.2 Å². The molecule has 4 rings (SSSR count). The molecule has 1 amide bonds. The second kappa shape index (κ2) is 10.7. The summed E-state index contributed by atoms with van der Waals surface area (Å²) in [5.74, 6) is -1.43. The van der Waals surface area contributed by atoms with Crippen LogP contribution in [0.2, 0.25) is 0 Å². The van der Waals surface area contributed by atoms with Crippen molar-refractivity contribution < 1.29 is 30.9 Å². The normalized spacial score (nSPS) is 17.2. The fourth-order valence-corrected chi connectivity index (χ4v) is 6.26. The lowest BCUT2D eigenvalue weighted by molar-refractivity contribution is -0.137. The molecule has 1 fully saturated rings. The summed E-state index contributed by atoms with van der Waals surface area (Å²) < 4.78 is 73.8. The molecule has 7 nitrogen and oxygen atoms in total. The van der Waals surface area contributed by atoms with E-state index < -0.39 is 33.6 Å². The average Bonchev–Trinajstić information content (AvgIpc) is 3.25. The predicted octanol–water partition coefficient (Wildman–Crippen LogP) is 5.83. The van der Waals surface area contributed by atoms with Gasteiger partial charge in [0.1, 0.15) is 5.69 Å². The van der Waals surface area contributed by atoms with E-state index in [2.05, 4.69) is 10.5 Å². The van der Waals surface area contributed by atoms with Crippen LogP contribution in [-0.2, 0) is 21.0 Å². The number of piperidine rings is 1. The zero-order valence-electron chi connectivity index (χ0n) is 21.2. The van der Waals surface area contributed by atoms with Gasteiger partial charge in [-0.1, -0.05) is 47.1 Å². The number of amides is 1. The first-order chi connectivity index (χ1) is 17.9. The van der Waals surface area contributed by atoms with E-state index in [0.29, 0.717) is 12.8 Å². The van der Waals surface area contributed by atoms with Crippen molar-refractivity contribution in [1.82, 2.24) is 9.46 Å². The number of nitrogens with zero attached hydrogens (tertiary/aromatic N) is 2. The van der Waals surface area contributed by atoms with Gasteiger partial charge in [-0.15, -0.1) is 0 Å². The third-order valence-corrected chi connectivity index (χ3v) is 8.55. The Bertz CT molecular complexity index is 1480. The third-order valence-electron chi connectivity index (χ3n) is 6.53. The van der Waals surface area contributed by atoms with Crippen LogP contribution in [0, 0.1) is 26.7 Å². The van der Waals surface area contributed by atoms with Crippen LogP contribution in [0.3, 0.4) is 0 Å². The molecule has 1 saturated heterocycles.